The molecular formula is C6H10O2S. The molecule has 0 unspecified atom stereocenters. The summed E-state index contributed by atoms with van der Waals surface area (Å²) in [6, 6.07) is 0. The van der Waals surface area contributed by atoms with Crippen molar-refractivity contribution in [2.45, 2.75) is 13.3 Å². The van der Waals surface area contributed by atoms with Crippen LogP contribution in [0.3, 0.4) is 0 Å². The largest absolute Gasteiger partial charge is 0.322 e. The summed E-state index contributed by atoms with van der Waals surface area (Å²) in [6.45, 7) is 1.72. The molecule has 0 aromatic carbocycles. The van der Waals surface area contributed by atoms with Crippen LogP contribution in [-0.4, -0.2) is 19.3 Å². The van der Waals surface area contributed by atoms with Crippen LogP contribution in [0.25, 0.3) is 0 Å². The standard InChI is InChI=1S/C6H10O2S/c1-6-4-2-3-5-9(6,7)8/h2,4-5,7-8H,3H2,1H3. The lowest BCUT2D eigenvalue weighted by Crippen LogP contribution is -1.96. The number of rotatable bonds is 0. The van der Waals surface area contributed by atoms with Crippen LogP contribution in [0.1, 0.15) is 13.3 Å². The van der Waals surface area contributed by atoms with Gasteiger partial charge in [0.2, 0.25) is 0 Å². The zero-order valence-corrected chi connectivity index (χ0v) is 6.06. The van der Waals surface area contributed by atoms with Gasteiger partial charge in [-0.15, -0.1) is 0 Å². The first-order valence-electron chi connectivity index (χ1n) is 2.74. The molecular weight excluding hydrogens is 136 g/mol. The maximum Gasteiger partial charge on any atom is 0.0145 e. The summed E-state index contributed by atoms with van der Waals surface area (Å²) >= 11 is 0. The van der Waals surface area contributed by atoms with Gasteiger partial charge >= 0.3 is 0 Å². The zero-order chi connectivity index (χ0) is 6.91. The van der Waals surface area contributed by atoms with E-state index in [2.05, 4.69) is 0 Å². The van der Waals surface area contributed by atoms with Gasteiger partial charge in [-0.25, -0.2) is 0 Å². The molecule has 0 aliphatic carbocycles. The van der Waals surface area contributed by atoms with Crippen LogP contribution < -0.4 is 0 Å². The molecule has 0 aromatic rings. The Balaban J connectivity index is 3.29. The van der Waals surface area contributed by atoms with E-state index >= 15 is 0 Å². The molecule has 52 valence electrons. The van der Waals surface area contributed by atoms with Crippen LogP contribution >= 0.6 is 9.77 Å². The minimum Gasteiger partial charge on any atom is -0.322 e. The smallest absolute Gasteiger partial charge is 0.0145 e. The molecule has 0 fully saturated rings. The van der Waals surface area contributed by atoms with Crippen molar-refractivity contribution in [1.29, 1.82) is 0 Å². The van der Waals surface area contributed by atoms with E-state index in [1.165, 1.54) is 0 Å². The first-order chi connectivity index (χ1) is 4.13. The summed E-state index contributed by atoms with van der Waals surface area (Å²) in [6.07, 6.45) is 4.34. The molecule has 1 aliphatic rings. The molecule has 9 heavy (non-hydrogen) atoms. The Morgan fingerprint density at radius 3 is 2.56 bits per heavy atom. The highest BCUT2D eigenvalue weighted by Gasteiger charge is 1.98. The maximum atomic E-state index is 9.14. The monoisotopic (exact) mass is 146 g/mol. The van der Waals surface area contributed by atoms with Crippen molar-refractivity contribution in [3.8, 4) is 0 Å². The van der Waals surface area contributed by atoms with Crippen LogP contribution in [0, 0.1) is 0 Å². The Morgan fingerprint density at radius 2 is 2.22 bits per heavy atom. The minimum absolute atomic E-state index is 0.661. The fraction of sp³-hybridized carbons (Fsp3) is 0.333. The van der Waals surface area contributed by atoms with Crippen LogP contribution in [0.4, 0.5) is 0 Å². The average Bonchev–Trinajstić information content (AvgIpc) is 1.77. The quantitative estimate of drug-likeness (QED) is 0.510. The maximum absolute atomic E-state index is 9.14. The van der Waals surface area contributed by atoms with Crippen molar-refractivity contribution >= 4 is 20.0 Å². The van der Waals surface area contributed by atoms with Gasteiger partial charge < -0.3 is 9.11 Å². The lowest BCUT2D eigenvalue weighted by Gasteiger charge is -2.08. The SMILES string of the molecule is CC1=S(O)(O)=CCC=C1. The average molecular weight is 146 g/mol. The lowest BCUT2D eigenvalue weighted by molar-refractivity contribution is 0.530. The summed E-state index contributed by atoms with van der Waals surface area (Å²) in [7, 11) is -2.46. The molecule has 2 N–H and O–H groups in total. The predicted molar refractivity (Wildman–Crippen MR) is 43.4 cm³/mol. The normalized spacial score (nSPS) is 23.7. The van der Waals surface area contributed by atoms with Gasteiger partial charge in [-0.3, -0.25) is 0 Å². The van der Waals surface area contributed by atoms with E-state index in [9.17, 15) is 0 Å². The van der Waals surface area contributed by atoms with Crippen LogP contribution in [0.5, 0.6) is 0 Å². The highest BCUT2D eigenvalue weighted by atomic mass is 32.2. The summed E-state index contributed by atoms with van der Waals surface area (Å²) in [5.41, 5.74) is 0. The van der Waals surface area contributed by atoms with Gasteiger partial charge in [0.25, 0.3) is 0 Å². The highest BCUT2D eigenvalue weighted by molar-refractivity contribution is 8.21. The molecule has 1 heterocycles. The fourth-order valence-corrected chi connectivity index (χ4v) is 1.59. The molecule has 0 saturated carbocycles. The van der Waals surface area contributed by atoms with Crippen molar-refractivity contribution < 1.29 is 9.11 Å². The lowest BCUT2D eigenvalue weighted by atomic mass is 10.3. The molecule has 0 spiro atoms. The summed E-state index contributed by atoms with van der Waals surface area (Å²) in [4.78, 5) is 0.661. The van der Waals surface area contributed by atoms with Crippen molar-refractivity contribution in [2.24, 2.45) is 0 Å². The Kier molecular flexibility index (Phi) is 1.66. The van der Waals surface area contributed by atoms with E-state index in [1.807, 2.05) is 6.08 Å². The van der Waals surface area contributed by atoms with Gasteiger partial charge in [-0.2, -0.15) is 0 Å². The molecule has 0 saturated heterocycles. The molecule has 0 aromatic heterocycles. The van der Waals surface area contributed by atoms with Crippen molar-refractivity contribution in [3.63, 3.8) is 0 Å². The van der Waals surface area contributed by atoms with Gasteiger partial charge in [0, 0.05) is 14.6 Å². The Labute approximate surface area is 55.3 Å². The van der Waals surface area contributed by atoms with Gasteiger partial charge in [0.05, 0.1) is 0 Å². The molecule has 0 atom stereocenters. The number of hydrogen-bond donors (Lipinski definition) is 2. The van der Waals surface area contributed by atoms with Crippen LogP contribution in [-0.2, 0) is 0 Å². The van der Waals surface area contributed by atoms with E-state index in [4.69, 9.17) is 9.11 Å². The van der Waals surface area contributed by atoms with Crippen molar-refractivity contribution in [2.75, 3.05) is 0 Å². The van der Waals surface area contributed by atoms with Gasteiger partial charge in [-0.1, -0.05) is 12.2 Å². The Hall–Kier alpha value is -0.250. The Bertz CT molecular complexity index is 246. The molecule has 3 heteroatoms. The van der Waals surface area contributed by atoms with Crippen LogP contribution in [0.2, 0.25) is 0 Å². The summed E-state index contributed by atoms with van der Waals surface area (Å²) in [5, 5.41) is 1.54. The van der Waals surface area contributed by atoms with E-state index < -0.39 is 9.77 Å². The first kappa shape index (κ1) is 6.86. The van der Waals surface area contributed by atoms with E-state index in [1.54, 1.807) is 18.4 Å². The third-order valence-electron chi connectivity index (χ3n) is 1.29. The summed E-state index contributed by atoms with van der Waals surface area (Å²) < 4.78 is 18.3. The topological polar surface area (TPSA) is 40.5 Å². The number of allylic oxidation sites excluding steroid dienone is 2. The molecule has 0 radical (unpaired) electrons. The highest BCUT2D eigenvalue weighted by Crippen LogP contribution is 2.18. The second kappa shape index (κ2) is 2.17. The zero-order valence-electron chi connectivity index (χ0n) is 5.24. The van der Waals surface area contributed by atoms with Crippen molar-refractivity contribution in [3.05, 3.63) is 12.2 Å². The number of hydrogen-bond acceptors (Lipinski definition) is 2. The van der Waals surface area contributed by atoms with E-state index in [-0.39, 0.29) is 0 Å². The van der Waals surface area contributed by atoms with Crippen LogP contribution in [0.15, 0.2) is 12.2 Å². The minimum atomic E-state index is -2.46. The van der Waals surface area contributed by atoms with E-state index in [0.29, 0.717) is 11.3 Å². The van der Waals surface area contributed by atoms with Crippen molar-refractivity contribution in [1.82, 2.24) is 0 Å². The first-order valence-corrected chi connectivity index (χ1v) is 4.35. The molecule has 0 amide bonds. The van der Waals surface area contributed by atoms with E-state index in [0.717, 1.165) is 0 Å². The third-order valence-corrected chi connectivity index (χ3v) is 3.03. The third kappa shape index (κ3) is 1.36. The Morgan fingerprint density at radius 1 is 1.56 bits per heavy atom. The fourth-order valence-electron chi connectivity index (χ4n) is 0.655. The van der Waals surface area contributed by atoms with Gasteiger partial charge in [-0.05, 0) is 18.7 Å². The second-order valence-electron chi connectivity index (χ2n) is 2.01. The van der Waals surface area contributed by atoms with Gasteiger partial charge in [0.1, 0.15) is 0 Å². The predicted octanol–water partition coefficient (Wildman–Crippen LogP) is 1.69. The molecule has 2 nitrogen and oxygen atoms in total. The summed E-state index contributed by atoms with van der Waals surface area (Å²) in [5.74, 6) is 0. The molecule has 0 bridgehead atoms. The molecule has 1 aliphatic heterocycles. The molecule has 1 rings (SSSR count). The van der Waals surface area contributed by atoms with Gasteiger partial charge in [0.15, 0.2) is 0 Å². The second-order valence-corrected chi connectivity index (χ2v) is 4.17.